The number of hydrogen-bond acceptors (Lipinski definition) is 4. The predicted octanol–water partition coefficient (Wildman–Crippen LogP) is 4.46. The molecule has 0 saturated heterocycles. The van der Waals surface area contributed by atoms with Crippen LogP contribution in [0.25, 0.3) is 0 Å². The van der Waals surface area contributed by atoms with E-state index in [9.17, 15) is 31.0 Å². The summed E-state index contributed by atoms with van der Waals surface area (Å²) in [6, 6.07) is 2.85. The zero-order chi connectivity index (χ0) is 21.2. The summed E-state index contributed by atoms with van der Waals surface area (Å²) in [5, 5.41) is -0.608. The highest BCUT2D eigenvalue weighted by molar-refractivity contribution is 7.82. The van der Waals surface area contributed by atoms with Crippen molar-refractivity contribution in [3.05, 3.63) is 52.0 Å². The number of carbonyl (C=O) groups excluding carboxylic acids is 1. The molecule has 5 nitrogen and oxygen atoms in total. The third-order valence-corrected chi connectivity index (χ3v) is 4.08. The van der Waals surface area contributed by atoms with Crippen molar-refractivity contribution in [2.45, 2.75) is 6.18 Å². The van der Waals surface area contributed by atoms with Gasteiger partial charge in [0.15, 0.2) is 11.5 Å². The van der Waals surface area contributed by atoms with Crippen LogP contribution >= 0.6 is 11.6 Å². The second-order valence-electron chi connectivity index (χ2n) is 5.21. The maximum atomic E-state index is 14.6. The average Bonchev–Trinajstić information content (AvgIpc) is 2.57. The number of halogens is 6. The van der Waals surface area contributed by atoms with Gasteiger partial charge in [0.2, 0.25) is 5.82 Å². The monoisotopic (exact) mass is 443 g/mol. The van der Waals surface area contributed by atoms with Crippen LogP contribution in [0.3, 0.4) is 0 Å². The summed E-state index contributed by atoms with van der Waals surface area (Å²) >= 11 is 5.49. The van der Waals surface area contributed by atoms with E-state index in [1.165, 1.54) is 0 Å². The van der Waals surface area contributed by atoms with E-state index in [-0.39, 0.29) is 0 Å². The molecule has 0 fully saturated rings. The highest BCUT2D eigenvalue weighted by atomic mass is 35.5. The fourth-order valence-electron chi connectivity index (χ4n) is 2.15. The van der Waals surface area contributed by atoms with E-state index in [0.29, 0.717) is 12.1 Å². The second kappa shape index (κ2) is 8.31. The van der Waals surface area contributed by atoms with Gasteiger partial charge in [-0.1, -0.05) is 11.6 Å². The van der Waals surface area contributed by atoms with E-state index in [0.717, 1.165) is 25.5 Å². The van der Waals surface area contributed by atoms with Crippen LogP contribution in [-0.2, 0) is 17.2 Å². The number of methoxy groups -OCH3 is 1. The summed E-state index contributed by atoms with van der Waals surface area (Å²) in [7, 11) is -0.930. The normalized spacial score (nSPS) is 12.4. The van der Waals surface area contributed by atoms with Crippen molar-refractivity contribution in [1.82, 2.24) is 4.72 Å². The molecule has 1 amide bonds. The Balaban J connectivity index is 2.50. The molecule has 1 atom stereocenters. The van der Waals surface area contributed by atoms with Gasteiger partial charge in [-0.15, -0.1) is 0 Å². The van der Waals surface area contributed by atoms with Crippen molar-refractivity contribution in [3.8, 4) is 17.2 Å². The molecule has 2 rings (SSSR count). The first-order chi connectivity index (χ1) is 13.0. The third-order valence-electron chi connectivity index (χ3n) is 3.28. The summed E-state index contributed by atoms with van der Waals surface area (Å²) in [4.78, 5) is 11.9. The fraction of sp³-hybridized carbons (Fsp3) is 0.188. The quantitative estimate of drug-likeness (QED) is 0.693. The lowest BCUT2D eigenvalue weighted by Crippen LogP contribution is -2.26. The molecule has 152 valence electrons. The Morgan fingerprint density at radius 2 is 1.86 bits per heavy atom. The van der Waals surface area contributed by atoms with Crippen LogP contribution in [0.5, 0.6) is 17.2 Å². The molecule has 0 aliphatic rings. The molecule has 0 heterocycles. The Hall–Kier alpha value is -2.40. The Bertz CT molecular complexity index is 952. The zero-order valence-corrected chi connectivity index (χ0v) is 15.7. The van der Waals surface area contributed by atoms with Crippen molar-refractivity contribution in [2.24, 2.45) is 0 Å². The number of hydrogen-bond donors (Lipinski definition) is 1. The van der Waals surface area contributed by atoms with Crippen LogP contribution in [0.2, 0.25) is 5.02 Å². The van der Waals surface area contributed by atoms with E-state index < -0.39 is 68.1 Å². The standard InChI is InChI=1S/C16H11ClF5NO4S/c1-26-14-12(15(24)23-28(2)25)10(18)6-11(13(14)19)27-7-3-4-9(17)8(5-7)16(20,21)22/h3-6H,1-2H3,(H,23,24). The lowest BCUT2D eigenvalue weighted by atomic mass is 10.1. The average molecular weight is 444 g/mol. The van der Waals surface area contributed by atoms with Crippen molar-refractivity contribution in [3.63, 3.8) is 0 Å². The number of carbonyl (C=O) groups is 1. The number of alkyl halides is 3. The van der Waals surface area contributed by atoms with Gasteiger partial charge in [-0.05, 0) is 18.2 Å². The number of ether oxygens (including phenoxy) is 2. The van der Waals surface area contributed by atoms with Gasteiger partial charge in [-0.3, -0.25) is 9.52 Å². The number of amides is 1. The number of rotatable bonds is 5. The summed E-state index contributed by atoms with van der Waals surface area (Å²) in [6.07, 6.45) is -3.70. The highest BCUT2D eigenvalue weighted by Crippen LogP contribution is 2.39. The summed E-state index contributed by atoms with van der Waals surface area (Å²) in [5.41, 5.74) is -2.12. The molecule has 0 saturated carbocycles. The van der Waals surface area contributed by atoms with Crippen molar-refractivity contribution >= 4 is 28.5 Å². The maximum Gasteiger partial charge on any atom is 0.417 e. The van der Waals surface area contributed by atoms with Crippen LogP contribution in [0.15, 0.2) is 24.3 Å². The molecule has 28 heavy (non-hydrogen) atoms. The third kappa shape index (κ3) is 4.71. The number of nitrogens with one attached hydrogen (secondary N) is 1. The molecule has 1 unspecified atom stereocenters. The molecule has 12 heteroatoms. The minimum Gasteiger partial charge on any atom is -0.493 e. The lowest BCUT2D eigenvalue weighted by Gasteiger charge is -2.15. The summed E-state index contributed by atoms with van der Waals surface area (Å²) in [6.45, 7) is 0. The van der Waals surface area contributed by atoms with Gasteiger partial charge >= 0.3 is 6.18 Å². The van der Waals surface area contributed by atoms with Gasteiger partial charge in [0, 0.05) is 12.3 Å². The van der Waals surface area contributed by atoms with E-state index in [2.05, 4.69) is 4.74 Å². The minimum atomic E-state index is -4.80. The molecule has 2 aromatic carbocycles. The highest BCUT2D eigenvalue weighted by Gasteiger charge is 2.34. The first-order valence-corrected chi connectivity index (χ1v) is 9.14. The van der Waals surface area contributed by atoms with E-state index in [1.807, 2.05) is 4.72 Å². The Morgan fingerprint density at radius 3 is 2.39 bits per heavy atom. The van der Waals surface area contributed by atoms with Gasteiger partial charge in [-0.2, -0.15) is 17.6 Å². The topological polar surface area (TPSA) is 64.6 Å². The summed E-state index contributed by atoms with van der Waals surface area (Å²) < 4.78 is 90.3. The first-order valence-electron chi connectivity index (χ1n) is 7.20. The molecule has 0 aliphatic heterocycles. The van der Waals surface area contributed by atoms with E-state index in [4.69, 9.17) is 16.3 Å². The fourth-order valence-corrected chi connectivity index (χ4v) is 2.74. The minimum absolute atomic E-state index is 0.452. The SMILES string of the molecule is COc1c(F)c(Oc2ccc(Cl)c(C(F)(F)F)c2)cc(F)c1C(=O)NS(C)=O. The smallest absolute Gasteiger partial charge is 0.417 e. The van der Waals surface area contributed by atoms with Crippen LogP contribution in [-0.4, -0.2) is 23.5 Å². The molecular weight excluding hydrogens is 433 g/mol. The maximum absolute atomic E-state index is 14.6. The molecule has 0 aliphatic carbocycles. The molecular formula is C16H11ClF5NO4S. The van der Waals surface area contributed by atoms with Crippen molar-refractivity contribution in [2.75, 3.05) is 13.4 Å². The van der Waals surface area contributed by atoms with Crippen LogP contribution in [0, 0.1) is 11.6 Å². The van der Waals surface area contributed by atoms with Crippen molar-refractivity contribution < 1.29 is 40.4 Å². The number of benzene rings is 2. The van der Waals surface area contributed by atoms with Gasteiger partial charge in [0.1, 0.15) is 28.1 Å². The summed E-state index contributed by atoms with van der Waals surface area (Å²) in [5.74, 6) is -6.06. The van der Waals surface area contributed by atoms with E-state index >= 15 is 0 Å². The Kier molecular flexibility index (Phi) is 6.50. The van der Waals surface area contributed by atoms with Crippen LogP contribution in [0.4, 0.5) is 22.0 Å². The first kappa shape index (κ1) is 21.9. The van der Waals surface area contributed by atoms with Gasteiger partial charge < -0.3 is 9.47 Å². The molecule has 0 aromatic heterocycles. The molecule has 0 radical (unpaired) electrons. The van der Waals surface area contributed by atoms with Gasteiger partial charge in [0.05, 0.1) is 17.7 Å². The zero-order valence-electron chi connectivity index (χ0n) is 14.1. The predicted molar refractivity (Wildman–Crippen MR) is 91.0 cm³/mol. The van der Waals surface area contributed by atoms with Crippen LogP contribution in [0.1, 0.15) is 15.9 Å². The van der Waals surface area contributed by atoms with E-state index in [1.54, 1.807) is 0 Å². The molecule has 0 bridgehead atoms. The Labute approximate surface area is 163 Å². The van der Waals surface area contributed by atoms with Crippen LogP contribution < -0.4 is 14.2 Å². The lowest BCUT2D eigenvalue weighted by molar-refractivity contribution is -0.137. The molecule has 1 N–H and O–H groups in total. The van der Waals surface area contributed by atoms with Gasteiger partial charge in [0.25, 0.3) is 5.91 Å². The largest absolute Gasteiger partial charge is 0.493 e. The Morgan fingerprint density at radius 1 is 1.21 bits per heavy atom. The molecule has 0 spiro atoms. The van der Waals surface area contributed by atoms with Crippen molar-refractivity contribution in [1.29, 1.82) is 0 Å². The van der Waals surface area contributed by atoms with Gasteiger partial charge in [-0.25, -0.2) is 8.60 Å². The molecule has 2 aromatic rings. The second-order valence-corrected chi connectivity index (χ2v) is 6.73.